The van der Waals surface area contributed by atoms with E-state index in [0.717, 1.165) is 13.0 Å². The van der Waals surface area contributed by atoms with E-state index in [4.69, 9.17) is 11.6 Å². The van der Waals surface area contributed by atoms with Gasteiger partial charge in [-0.05, 0) is 30.9 Å². The summed E-state index contributed by atoms with van der Waals surface area (Å²) in [6.07, 6.45) is 6.01. The second-order valence-electron chi connectivity index (χ2n) is 4.70. The van der Waals surface area contributed by atoms with Gasteiger partial charge < -0.3 is 10.2 Å². The number of hydrogen-bond donors (Lipinski definition) is 1. The highest BCUT2D eigenvalue weighted by Gasteiger charge is 2.22. The van der Waals surface area contributed by atoms with Crippen LogP contribution in [0.2, 0.25) is 5.28 Å². The summed E-state index contributed by atoms with van der Waals surface area (Å²) in [6, 6.07) is 0.530. The fraction of sp³-hybridized carbons (Fsp3) is 0.750. The van der Waals surface area contributed by atoms with Gasteiger partial charge in [0.15, 0.2) is 0 Å². The summed E-state index contributed by atoms with van der Waals surface area (Å²) < 4.78 is 0. The summed E-state index contributed by atoms with van der Waals surface area (Å²) in [5.74, 6) is 1.23. The first-order chi connectivity index (χ1) is 8.70. The Kier molecular flexibility index (Phi) is 4.58. The predicted octanol–water partition coefficient (Wildman–Crippen LogP) is 2.73. The summed E-state index contributed by atoms with van der Waals surface area (Å²) in [7, 11) is 2.03. The van der Waals surface area contributed by atoms with Crippen LogP contribution >= 0.6 is 11.6 Å². The minimum Gasteiger partial charge on any atom is -0.354 e. The van der Waals surface area contributed by atoms with Crippen LogP contribution in [0.4, 0.5) is 11.9 Å². The minimum atomic E-state index is 0.253. The molecule has 5 nitrogen and oxygen atoms in total. The zero-order chi connectivity index (χ0) is 13.0. The highest BCUT2D eigenvalue weighted by molar-refractivity contribution is 6.28. The van der Waals surface area contributed by atoms with E-state index < -0.39 is 0 Å². The highest BCUT2D eigenvalue weighted by atomic mass is 35.5. The zero-order valence-corrected chi connectivity index (χ0v) is 11.7. The summed E-state index contributed by atoms with van der Waals surface area (Å²) in [5, 5.41) is 3.40. The van der Waals surface area contributed by atoms with Crippen molar-refractivity contribution in [2.45, 2.75) is 45.1 Å². The minimum absolute atomic E-state index is 0.253. The summed E-state index contributed by atoms with van der Waals surface area (Å²) in [5.41, 5.74) is 0. The molecule has 1 saturated carbocycles. The first kappa shape index (κ1) is 13.3. The number of anilines is 2. The molecule has 1 fully saturated rings. The fourth-order valence-electron chi connectivity index (χ4n) is 2.27. The molecule has 0 bridgehead atoms. The van der Waals surface area contributed by atoms with E-state index in [-0.39, 0.29) is 5.28 Å². The lowest BCUT2D eigenvalue weighted by molar-refractivity contribution is 0.637. The molecule has 0 spiro atoms. The van der Waals surface area contributed by atoms with Crippen LogP contribution in [-0.4, -0.2) is 34.6 Å². The van der Waals surface area contributed by atoms with Gasteiger partial charge in [0.25, 0.3) is 0 Å². The molecule has 0 amide bonds. The monoisotopic (exact) mass is 269 g/mol. The standard InChI is InChI=1S/C12H20ClN5/c1-3-8-14-11-15-10(13)16-12(17-11)18(2)9-6-4-5-7-9/h9H,3-8H2,1-2H3,(H,14,15,16,17). The summed E-state index contributed by atoms with van der Waals surface area (Å²) >= 11 is 5.95. The SMILES string of the molecule is CCCNc1nc(Cl)nc(N(C)C2CCCC2)n1. The van der Waals surface area contributed by atoms with E-state index in [2.05, 4.69) is 32.1 Å². The number of aromatic nitrogens is 3. The molecule has 18 heavy (non-hydrogen) atoms. The van der Waals surface area contributed by atoms with Crippen molar-refractivity contribution in [1.29, 1.82) is 0 Å². The average molecular weight is 270 g/mol. The van der Waals surface area contributed by atoms with Crippen LogP contribution in [0.3, 0.4) is 0 Å². The third-order valence-electron chi connectivity index (χ3n) is 3.32. The van der Waals surface area contributed by atoms with Crippen LogP contribution in [0, 0.1) is 0 Å². The van der Waals surface area contributed by atoms with Crippen LogP contribution in [0.5, 0.6) is 0 Å². The third-order valence-corrected chi connectivity index (χ3v) is 3.49. The van der Waals surface area contributed by atoms with Crippen LogP contribution in [0.15, 0.2) is 0 Å². The topological polar surface area (TPSA) is 53.9 Å². The molecule has 1 N–H and O–H groups in total. The molecule has 1 heterocycles. The predicted molar refractivity (Wildman–Crippen MR) is 74.3 cm³/mol. The average Bonchev–Trinajstić information content (AvgIpc) is 2.88. The smallest absolute Gasteiger partial charge is 0.231 e. The number of halogens is 1. The number of nitrogens with one attached hydrogen (secondary N) is 1. The molecule has 1 aliphatic rings. The van der Waals surface area contributed by atoms with E-state index in [1.165, 1.54) is 25.7 Å². The lowest BCUT2D eigenvalue weighted by atomic mass is 10.2. The fourth-order valence-corrected chi connectivity index (χ4v) is 2.42. The van der Waals surface area contributed by atoms with Gasteiger partial charge in [-0.15, -0.1) is 0 Å². The van der Waals surface area contributed by atoms with E-state index in [1.54, 1.807) is 0 Å². The van der Waals surface area contributed by atoms with Crippen molar-refractivity contribution in [3.8, 4) is 0 Å². The molecule has 2 rings (SSSR count). The molecule has 0 aromatic carbocycles. The van der Waals surface area contributed by atoms with Crippen molar-refractivity contribution in [3.05, 3.63) is 5.28 Å². The van der Waals surface area contributed by atoms with Crippen LogP contribution in [-0.2, 0) is 0 Å². The van der Waals surface area contributed by atoms with Gasteiger partial charge in [-0.3, -0.25) is 0 Å². The maximum absolute atomic E-state index is 5.95. The maximum Gasteiger partial charge on any atom is 0.231 e. The van der Waals surface area contributed by atoms with Gasteiger partial charge in [0.05, 0.1) is 0 Å². The van der Waals surface area contributed by atoms with Crippen molar-refractivity contribution in [1.82, 2.24) is 15.0 Å². The first-order valence-electron chi connectivity index (χ1n) is 6.59. The molecule has 100 valence electrons. The molecule has 6 heteroatoms. The Morgan fingerprint density at radius 2 is 2.00 bits per heavy atom. The lowest BCUT2D eigenvalue weighted by Gasteiger charge is -2.24. The molecular weight excluding hydrogens is 250 g/mol. The molecule has 1 aromatic rings. The second kappa shape index (κ2) is 6.18. The number of rotatable bonds is 5. The quantitative estimate of drug-likeness (QED) is 0.891. The van der Waals surface area contributed by atoms with Crippen LogP contribution in [0.25, 0.3) is 0 Å². The Morgan fingerprint density at radius 3 is 2.67 bits per heavy atom. The maximum atomic E-state index is 5.95. The Balaban J connectivity index is 2.13. The van der Waals surface area contributed by atoms with Crippen molar-refractivity contribution >= 4 is 23.5 Å². The van der Waals surface area contributed by atoms with Gasteiger partial charge in [0.1, 0.15) is 0 Å². The summed E-state index contributed by atoms with van der Waals surface area (Å²) in [6.45, 7) is 2.94. The molecule has 1 aromatic heterocycles. The van der Waals surface area contributed by atoms with Gasteiger partial charge >= 0.3 is 0 Å². The van der Waals surface area contributed by atoms with Gasteiger partial charge in [-0.2, -0.15) is 15.0 Å². The van der Waals surface area contributed by atoms with Gasteiger partial charge in [-0.25, -0.2) is 0 Å². The highest BCUT2D eigenvalue weighted by Crippen LogP contribution is 2.25. The Hall–Kier alpha value is -1.10. The van der Waals surface area contributed by atoms with Gasteiger partial charge in [0.2, 0.25) is 17.2 Å². The first-order valence-corrected chi connectivity index (χ1v) is 6.96. The van der Waals surface area contributed by atoms with E-state index in [0.29, 0.717) is 17.9 Å². The zero-order valence-electron chi connectivity index (χ0n) is 11.0. The molecule has 0 radical (unpaired) electrons. The van der Waals surface area contributed by atoms with Gasteiger partial charge in [0, 0.05) is 19.6 Å². The summed E-state index contributed by atoms with van der Waals surface area (Å²) in [4.78, 5) is 14.8. The Labute approximate surface area is 113 Å². The largest absolute Gasteiger partial charge is 0.354 e. The molecule has 0 saturated heterocycles. The van der Waals surface area contributed by atoms with E-state index >= 15 is 0 Å². The Morgan fingerprint density at radius 1 is 1.28 bits per heavy atom. The van der Waals surface area contributed by atoms with Crippen molar-refractivity contribution in [3.63, 3.8) is 0 Å². The Bertz CT molecular complexity index is 392. The normalized spacial score (nSPS) is 15.9. The molecule has 1 aliphatic carbocycles. The van der Waals surface area contributed by atoms with Gasteiger partial charge in [-0.1, -0.05) is 19.8 Å². The van der Waals surface area contributed by atoms with Crippen LogP contribution in [0.1, 0.15) is 39.0 Å². The number of nitrogens with zero attached hydrogens (tertiary/aromatic N) is 4. The molecular formula is C12H20ClN5. The molecule has 0 atom stereocenters. The second-order valence-corrected chi connectivity index (χ2v) is 5.04. The molecule has 0 unspecified atom stereocenters. The van der Waals surface area contributed by atoms with E-state index in [9.17, 15) is 0 Å². The van der Waals surface area contributed by atoms with Crippen molar-refractivity contribution in [2.75, 3.05) is 23.8 Å². The van der Waals surface area contributed by atoms with Crippen molar-refractivity contribution in [2.24, 2.45) is 0 Å². The lowest BCUT2D eigenvalue weighted by Crippen LogP contribution is -2.30. The number of hydrogen-bond acceptors (Lipinski definition) is 5. The van der Waals surface area contributed by atoms with E-state index in [1.807, 2.05) is 7.05 Å². The molecule has 0 aliphatic heterocycles. The van der Waals surface area contributed by atoms with Crippen LogP contribution < -0.4 is 10.2 Å². The third kappa shape index (κ3) is 3.22. The van der Waals surface area contributed by atoms with Crippen molar-refractivity contribution < 1.29 is 0 Å².